The molecule has 1 saturated heterocycles. The van der Waals surface area contributed by atoms with E-state index < -0.39 is 5.91 Å². The van der Waals surface area contributed by atoms with Gasteiger partial charge in [-0.1, -0.05) is 19.1 Å². The Bertz CT molecular complexity index is 1070. The lowest BCUT2D eigenvalue weighted by atomic mass is 10.0. The molecule has 7 nitrogen and oxygen atoms in total. The van der Waals surface area contributed by atoms with Crippen molar-refractivity contribution in [2.45, 2.75) is 38.8 Å². The smallest absolute Gasteiger partial charge is 0.248 e. The second-order valence-corrected chi connectivity index (χ2v) is 7.19. The van der Waals surface area contributed by atoms with Crippen LogP contribution in [0.1, 0.15) is 49.2 Å². The summed E-state index contributed by atoms with van der Waals surface area (Å²) in [6.45, 7) is 2.52. The highest BCUT2D eigenvalue weighted by Gasteiger charge is 2.22. The third-order valence-electron chi connectivity index (χ3n) is 5.16. The minimum absolute atomic E-state index is 0.0517. The molecule has 1 aliphatic rings. The first-order chi connectivity index (χ1) is 14.1. The zero-order chi connectivity index (χ0) is 20.4. The number of aromatic nitrogens is 2. The molecule has 0 spiro atoms. The Morgan fingerprint density at radius 1 is 1.24 bits per heavy atom. The summed E-state index contributed by atoms with van der Waals surface area (Å²) in [6.07, 6.45) is 3.29. The monoisotopic (exact) mass is 392 g/mol. The van der Waals surface area contributed by atoms with Gasteiger partial charge in [0.25, 0.3) is 0 Å². The third kappa shape index (κ3) is 3.86. The molecular formula is C22H24N4O3. The predicted octanol–water partition coefficient (Wildman–Crippen LogP) is 3.85. The van der Waals surface area contributed by atoms with Gasteiger partial charge in [-0.25, -0.2) is 4.68 Å². The van der Waals surface area contributed by atoms with Crippen molar-refractivity contribution < 1.29 is 14.3 Å². The molecule has 1 unspecified atom stereocenters. The van der Waals surface area contributed by atoms with E-state index >= 15 is 0 Å². The van der Waals surface area contributed by atoms with Crippen molar-refractivity contribution in [3.63, 3.8) is 0 Å². The van der Waals surface area contributed by atoms with Gasteiger partial charge in [-0.3, -0.25) is 9.59 Å². The molecule has 0 bridgehead atoms. The number of hydrogen-bond acceptors (Lipinski definition) is 4. The van der Waals surface area contributed by atoms with Gasteiger partial charge >= 0.3 is 0 Å². The summed E-state index contributed by atoms with van der Waals surface area (Å²) >= 11 is 0. The highest BCUT2D eigenvalue weighted by molar-refractivity contribution is 6.01. The molecule has 1 fully saturated rings. The van der Waals surface area contributed by atoms with Crippen molar-refractivity contribution in [3.8, 4) is 11.3 Å². The molecule has 7 heteroatoms. The van der Waals surface area contributed by atoms with Crippen molar-refractivity contribution in [3.05, 3.63) is 48.0 Å². The fraction of sp³-hybridized carbons (Fsp3) is 0.318. The van der Waals surface area contributed by atoms with Crippen molar-refractivity contribution in [2.24, 2.45) is 5.73 Å². The molecule has 29 heavy (non-hydrogen) atoms. The number of benzene rings is 2. The van der Waals surface area contributed by atoms with Gasteiger partial charge in [-0.05, 0) is 49.6 Å². The van der Waals surface area contributed by atoms with E-state index in [0.29, 0.717) is 24.3 Å². The Morgan fingerprint density at radius 3 is 2.83 bits per heavy atom. The Kier molecular flexibility index (Phi) is 5.31. The number of nitrogens with one attached hydrogen (secondary N) is 1. The summed E-state index contributed by atoms with van der Waals surface area (Å²) in [5, 5.41) is 8.56. The van der Waals surface area contributed by atoms with E-state index in [1.807, 2.05) is 41.9 Å². The number of nitrogens with zero attached hydrogens (tertiary/aromatic N) is 2. The number of ether oxygens (including phenoxy) is 1. The number of amides is 2. The van der Waals surface area contributed by atoms with Crippen LogP contribution >= 0.6 is 0 Å². The molecule has 2 amide bonds. The number of rotatable bonds is 5. The van der Waals surface area contributed by atoms with Crippen molar-refractivity contribution in [2.75, 3.05) is 11.9 Å². The Morgan fingerprint density at radius 2 is 2.10 bits per heavy atom. The Balaban J connectivity index is 1.84. The van der Waals surface area contributed by atoms with Crippen LogP contribution in [0.2, 0.25) is 0 Å². The average molecular weight is 392 g/mol. The van der Waals surface area contributed by atoms with E-state index in [9.17, 15) is 9.59 Å². The lowest BCUT2D eigenvalue weighted by Gasteiger charge is -2.23. The van der Waals surface area contributed by atoms with Crippen LogP contribution in [0.15, 0.2) is 42.5 Å². The minimum atomic E-state index is -0.483. The first-order valence-electron chi connectivity index (χ1n) is 9.91. The molecule has 3 N–H and O–H groups in total. The van der Waals surface area contributed by atoms with Crippen LogP contribution in [0.3, 0.4) is 0 Å². The second-order valence-electron chi connectivity index (χ2n) is 7.19. The first kappa shape index (κ1) is 19.1. The molecule has 150 valence electrons. The van der Waals surface area contributed by atoms with Crippen LogP contribution in [0, 0.1) is 0 Å². The van der Waals surface area contributed by atoms with E-state index in [4.69, 9.17) is 15.6 Å². The molecule has 1 aliphatic heterocycles. The van der Waals surface area contributed by atoms with E-state index in [-0.39, 0.29) is 12.1 Å². The molecule has 0 saturated carbocycles. The normalized spacial score (nSPS) is 16.7. The zero-order valence-electron chi connectivity index (χ0n) is 16.4. The maximum absolute atomic E-state index is 11.8. The average Bonchev–Trinajstić information content (AvgIpc) is 3.13. The quantitative estimate of drug-likeness (QED) is 0.689. The van der Waals surface area contributed by atoms with Gasteiger partial charge in [0.2, 0.25) is 11.8 Å². The highest BCUT2D eigenvalue weighted by atomic mass is 16.5. The van der Waals surface area contributed by atoms with Crippen LogP contribution in [-0.4, -0.2) is 28.2 Å². The van der Waals surface area contributed by atoms with Crippen LogP contribution in [0.4, 0.5) is 5.69 Å². The van der Waals surface area contributed by atoms with Crippen LogP contribution in [0.5, 0.6) is 0 Å². The molecule has 0 aliphatic carbocycles. The van der Waals surface area contributed by atoms with Gasteiger partial charge in [0.1, 0.15) is 5.69 Å². The van der Waals surface area contributed by atoms with E-state index in [1.165, 1.54) is 0 Å². The minimum Gasteiger partial charge on any atom is -0.366 e. The maximum atomic E-state index is 11.8. The van der Waals surface area contributed by atoms with E-state index in [1.54, 1.807) is 12.1 Å². The number of carbonyl (C=O) groups excluding carboxylic acids is 2. The molecule has 4 rings (SSSR count). The van der Waals surface area contributed by atoms with E-state index in [2.05, 4.69) is 5.32 Å². The Hall–Kier alpha value is -3.19. The summed E-state index contributed by atoms with van der Waals surface area (Å²) in [5.41, 5.74) is 9.10. The summed E-state index contributed by atoms with van der Waals surface area (Å²) in [7, 11) is 0. The summed E-state index contributed by atoms with van der Waals surface area (Å²) in [6, 6.07) is 12.9. The van der Waals surface area contributed by atoms with Crippen molar-refractivity contribution in [1.82, 2.24) is 9.78 Å². The van der Waals surface area contributed by atoms with Gasteiger partial charge < -0.3 is 15.8 Å². The maximum Gasteiger partial charge on any atom is 0.248 e. The number of fused-ring (bicyclic) bond motifs is 1. The van der Waals surface area contributed by atoms with Gasteiger partial charge in [0.15, 0.2) is 6.23 Å². The molecule has 2 aromatic carbocycles. The fourth-order valence-electron chi connectivity index (χ4n) is 3.64. The SMILES string of the molecule is CCC(=O)Nc1cccc(-c2nn(C3CCCCO3)c3ccc(C(N)=O)cc23)c1. The third-order valence-corrected chi connectivity index (χ3v) is 5.16. The first-order valence-corrected chi connectivity index (χ1v) is 9.91. The highest BCUT2D eigenvalue weighted by Crippen LogP contribution is 2.34. The zero-order valence-corrected chi connectivity index (χ0v) is 16.4. The molecule has 2 heterocycles. The molecular weight excluding hydrogens is 368 g/mol. The van der Waals surface area contributed by atoms with Crippen LogP contribution in [0.25, 0.3) is 22.2 Å². The molecule has 3 aromatic rings. The molecule has 1 aromatic heterocycles. The number of carbonyl (C=O) groups is 2. The van der Waals surface area contributed by atoms with Gasteiger partial charge in [0.05, 0.1) is 5.52 Å². The summed E-state index contributed by atoms with van der Waals surface area (Å²) < 4.78 is 7.84. The number of hydrogen-bond donors (Lipinski definition) is 2. The standard InChI is InChI=1S/C22H24N4O3/c1-2-19(27)24-16-7-5-6-14(12-16)21-17-13-15(22(23)28)9-10-18(17)26(25-21)20-8-3-4-11-29-20/h5-7,9-10,12-13,20H,2-4,8,11H2,1H3,(H2,23,28)(H,24,27). The van der Waals surface area contributed by atoms with Gasteiger partial charge in [-0.15, -0.1) is 0 Å². The molecule has 1 atom stereocenters. The van der Waals surface area contributed by atoms with Crippen molar-refractivity contribution >= 4 is 28.4 Å². The van der Waals surface area contributed by atoms with Crippen LogP contribution in [-0.2, 0) is 9.53 Å². The van der Waals surface area contributed by atoms with Crippen LogP contribution < -0.4 is 11.1 Å². The Labute approximate surface area is 168 Å². The van der Waals surface area contributed by atoms with Gasteiger partial charge in [-0.2, -0.15) is 5.10 Å². The van der Waals surface area contributed by atoms with Crippen molar-refractivity contribution in [1.29, 1.82) is 0 Å². The fourth-order valence-corrected chi connectivity index (χ4v) is 3.64. The lowest BCUT2D eigenvalue weighted by Crippen LogP contribution is -2.19. The number of primary amides is 1. The summed E-state index contributed by atoms with van der Waals surface area (Å²) in [5.74, 6) is -0.535. The van der Waals surface area contributed by atoms with E-state index in [0.717, 1.165) is 41.4 Å². The topological polar surface area (TPSA) is 99.2 Å². The van der Waals surface area contributed by atoms with Gasteiger partial charge in [0, 0.05) is 35.2 Å². The lowest BCUT2D eigenvalue weighted by molar-refractivity contribution is -0.115. The molecule has 0 radical (unpaired) electrons. The number of anilines is 1. The second kappa shape index (κ2) is 8.05. The largest absolute Gasteiger partial charge is 0.366 e. The number of nitrogens with two attached hydrogens (primary N) is 1. The summed E-state index contributed by atoms with van der Waals surface area (Å²) in [4.78, 5) is 23.5. The predicted molar refractivity (Wildman–Crippen MR) is 111 cm³/mol.